The van der Waals surface area contributed by atoms with Crippen LogP contribution < -0.4 is 4.74 Å². The third-order valence-electron chi connectivity index (χ3n) is 2.06. The van der Waals surface area contributed by atoms with Gasteiger partial charge in [0.1, 0.15) is 11.4 Å². The van der Waals surface area contributed by atoms with Gasteiger partial charge in [0, 0.05) is 6.20 Å². The third-order valence-corrected chi connectivity index (χ3v) is 2.06. The standard InChI is InChI=1S/C10H11NO2/c1-10(2)5-8(12)7-3-4-11-6-9(7)13-10/h3-4,6H,5H2,1-2H3. The maximum Gasteiger partial charge on any atom is 0.170 e. The Kier molecular flexibility index (Phi) is 1.62. The largest absolute Gasteiger partial charge is 0.485 e. The van der Waals surface area contributed by atoms with Gasteiger partial charge < -0.3 is 4.74 Å². The molecule has 0 saturated carbocycles. The van der Waals surface area contributed by atoms with Crippen LogP contribution in [0, 0.1) is 0 Å². The topological polar surface area (TPSA) is 39.2 Å². The molecule has 0 aliphatic carbocycles. The molecule has 68 valence electrons. The number of hydrogen-bond acceptors (Lipinski definition) is 3. The number of Topliss-reactive ketones (excluding diaryl/α,β-unsaturated/α-hetero) is 1. The molecule has 0 saturated heterocycles. The number of ketones is 1. The van der Waals surface area contributed by atoms with E-state index in [1.54, 1.807) is 18.5 Å². The molecule has 0 fully saturated rings. The van der Waals surface area contributed by atoms with Gasteiger partial charge in [-0.1, -0.05) is 0 Å². The van der Waals surface area contributed by atoms with Crippen LogP contribution in [-0.2, 0) is 0 Å². The van der Waals surface area contributed by atoms with Crippen LogP contribution in [0.4, 0.5) is 0 Å². The molecule has 0 amide bonds. The van der Waals surface area contributed by atoms with Gasteiger partial charge in [0.15, 0.2) is 5.78 Å². The quantitative estimate of drug-likeness (QED) is 0.606. The lowest BCUT2D eigenvalue weighted by Crippen LogP contribution is -2.35. The van der Waals surface area contributed by atoms with Gasteiger partial charge in [-0.2, -0.15) is 0 Å². The van der Waals surface area contributed by atoms with Crippen molar-refractivity contribution < 1.29 is 9.53 Å². The highest BCUT2D eigenvalue weighted by atomic mass is 16.5. The van der Waals surface area contributed by atoms with Gasteiger partial charge in [-0.25, -0.2) is 0 Å². The van der Waals surface area contributed by atoms with E-state index in [1.165, 1.54) is 0 Å². The van der Waals surface area contributed by atoms with Gasteiger partial charge in [0.05, 0.1) is 18.2 Å². The molecule has 0 spiro atoms. The molecule has 0 unspecified atom stereocenters. The van der Waals surface area contributed by atoms with Crippen LogP contribution in [0.5, 0.6) is 5.75 Å². The van der Waals surface area contributed by atoms with Gasteiger partial charge in [-0.3, -0.25) is 9.78 Å². The number of rotatable bonds is 0. The second-order valence-corrected chi connectivity index (χ2v) is 3.83. The summed E-state index contributed by atoms with van der Waals surface area (Å²) in [6.45, 7) is 3.81. The normalized spacial score (nSPS) is 19.1. The van der Waals surface area contributed by atoms with Gasteiger partial charge in [0.25, 0.3) is 0 Å². The Balaban J connectivity index is 2.49. The first-order chi connectivity index (χ1) is 6.08. The van der Waals surface area contributed by atoms with Crippen molar-refractivity contribution in [3.63, 3.8) is 0 Å². The summed E-state index contributed by atoms with van der Waals surface area (Å²) in [6, 6.07) is 1.70. The van der Waals surface area contributed by atoms with Crippen molar-refractivity contribution in [1.82, 2.24) is 4.98 Å². The number of nitrogens with zero attached hydrogens (tertiary/aromatic N) is 1. The van der Waals surface area contributed by atoms with Gasteiger partial charge in [0.2, 0.25) is 0 Å². The molecule has 0 atom stereocenters. The van der Waals surface area contributed by atoms with Crippen LogP contribution in [0.3, 0.4) is 0 Å². The first-order valence-corrected chi connectivity index (χ1v) is 4.25. The monoisotopic (exact) mass is 177 g/mol. The number of ether oxygens (including phenoxy) is 1. The fourth-order valence-corrected chi connectivity index (χ4v) is 1.51. The molecule has 2 heterocycles. The Hall–Kier alpha value is -1.38. The van der Waals surface area contributed by atoms with E-state index in [4.69, 9.17) is 4.74 Å². The van der Waals surface area contributed by atoms with Crippen molar-refractivity contribution in [2.24, 2.45) is 0 Å². The predicted octanol–water partition coefficient (Wildman–Crippen LogP) is 1.83. The second-order valence-electron chi connectivity index (χ2n) is 3.83. The summed E-state index contributed by atoms with van der Waals surface area (Å²) in [5, 5.41) is 0. The minimum absolute atomic E-state index is 0.133. The van der Waals surface area contributed by atoms with Crippen molar-refractivity contribution >= 4 is 5.78 Å². The number of pyridine rings is 1. The summed E-state index contributed by atoms with van der Waals surface area (Å²) >= 11 is 0. The number of fused-ring (bicyclic) bond motifs is 1. The Morgan fingerprint density at radius 1 is 1.54 bits per heavy atom. The highest BCUT2D eigenvalue weighted by Crippen LogP contribution is 2.31. The number of aromatic nitrogens is 1. The molecule has 1 aromatic rings. The molecule has 2 rings (SSSR count). The first kappa shape index (κ1) is 8.23. The SMILES string of the molecule is CC1(C)CC(=O)c2ccncc2O1. The molecule has 0 aromatic carbocycles. The lowest BCUT2D eigenvalue weighted by molar-refractivity contribution is 0.0617. The van der Waals surface area contributed by atoms with E-state index in [0.29, 0.717) is 17.7 Å². The van der Waals surface area contributed by atoms with Crippen LogP contribution >= 0.6 is 0 Å². The van der Waals surface area contributed by atoms with E-state index in [-0.39, 0.29) is 5.78 Å². The molecular weight excluding hydrogens is 166 g/mol. The third kappa shape index (κ3) is 1.41. The fourth-order valence-electron chi connectivity index (χ4n) is 1.51. The van der Waals surface area contributed by atoms with Crippen molar-refractivity contribution in [3.8, 4) is 5.75 Å². The van der Waals surface area contributed by atoms with Gasteiger partial charge in [-0.05, 0) is 19.9 Å². The predicted molar refractivity (Wildman–Crippen MR) is 47.9 cm³/mol. The zero-order valence-electron chi connectivity index (χ0n) is 7.70. The average Bonchev–Trinajstić information content (AvgIpc) is 2.02. The zero-order chi connectivity index (χ0) is 9.47. The Bertz CT molecular complexity index is 358. The molecule has 0 radical (unpaired) electrons. The summed E-state index contributed by atoms with van der Waals surface area (Å²) in [4.78, 5) is 15.5. The number of carbonyl (C=O) groups is 1. The average molecular weight is 177 g/mol. The van der Waals surface area contributed by atoms with E-state index >= 15 is 0 Å². The number of carbonyl (C=O) groups excluding carboxylic acids is 1. The summed E-state index contributed by atoms with van der Waals surface area (Å²) in [5.41, 5.74) is 0.252. The minimum atomic E-state index is -0.396. The maximum absolute atomic E-state index is 11.6. The molecule has 13 heavy (non-hydrogen) atoms. The zero-order valence-corrected chi connectivity index (χ0v) is 7.70. The molecular formula is C10H11NO2. The van der Waals surface area contributed by atoms with Crippen LogP contribution in [0.15, 0.2) is 18.5 Å². The van der Waals surface area contributed by atoms with Gasteiger partial charge >= 0.3 is 0 Å². The van der Waals surface area contributed by atoms with Crippen LogP contribution in [0.25, 0.3) is 0 Å². The van der Waals surface area contributed by atoms with E-state index < -0.39 is 5.60 Å². The molecule has 3 nitrogen and oxygen atoms in total. The first-order valence-electron chi connectivity index (χ1n) is 4.25. The van der Waals surface area contributed by atoms with Crippen molar-refractivity contribution in [2.45, 2.75) is 25.9 Å². The summed E-state index contributed by atoms with van der Waals surface area (Å²) in [7, 11) is 0. The van der Waals surface area contributed by atoms with E-state index in [1.807, 2.05) is 13.8 Å². The van der Waals surface area contributed by atoms with Crippen LogP contribution in [-0.4, -0.2) is 16.4 Å². The lowest BCUT2D eigenvalue weighted by Gasteiger charge is -2.30. The van der Waals surface area contributed by atoms with E-state index in [9.17, 15) is 4.79 Å². The highest BCUT2D eigenvalue weighted by Gasteiger charge is 2.32. The van der Waals surface area contributed by atoms with E-state index in [2.05, 4.69) is 4.98 Å². The van der Waals surface area contributed by atoms with Gasteiger partial charge in [-0.15, -0.1) is 0 Å². The summed E-state index contributed by atoms with van der Waals surface area (Å²) < 4.78 is 5.61. The highest BCUT2D eigenvalue weighted by molar-refractivity contribution is 6.00. The molecule has 3 heteroatoms. The second kappa shape index (κ2) is 2.55. The molecule has 1 aliphatic rings. The number of hydrogen-bond donors (Lipinski definition) is 0. The Morgan fingerprint density at radius 2 is 2.31 bits per heavy atom. The summed E-state index contributed by atoms with van der Waals surface area (Å²) in [6.07, 6.45) is 3.64. The lowest BCUT2D eigenvalue weighted by atomic mass is 9.94. The molecule has 0 bridgehead atoms. The Morgan fingerprint density at radius 3 is 3.08 bits per heavy atom. The molecule has 0 N–H and O–H groups in total. The summed E-state index contributed by atoms with van der Waals surface area (Å²) in [5.74, 6) is 0.734. The van der Waals surface area contributed by atoms with Crippen molar-refractivity contribution in [3.05, 3.63) is 24.0 Å². The fraction of sp³-hybridized carbons (Fsp3) is 0.400. The maximum atomic E-state index is 11.6. The van der Waals surface area contributed by atoms with Crippen molar-refractivity contribution in [1.29, 1.82) is 0 Å². The van der Waals surface area contributed by atoms with Crippen LogP contribution in [0.1, 0.15) is 30.6 Å². The van der Waals surface area contributed by atoms with E-state index in [0.717, 1.165) is 0 Å². The smallest absolute Gasteiger partial charge is 0.170 e. The molecule has 1 aliphatic heterocycles. The van der Waals surface area contributed by atoms with Crippen LogP contribution in [0.2, 0.25) is 0 Å². The Labute approximate surface area is 76.7 Å². The molecule has 1 aromatic heterocycles. The van der Waals surface area contributed by atoms with Crippen molar-refractivity contribution in [2.75, 3.05) is 0 Å². The minimum Gasteiger partial charge on any atom is -0.485 e.